The number of nitrogens with two attached hydrogens (primary N) is 1. The fourth-order valence-corrected chi connectivity index (χ4v) is 2.20. The van der Waals surface area contributed by atoms with Crippen LogP contribution in [-0.4, -0.2) is 12.3 Å². The molecule has 3 rings (SSSR count). The second-order valence-electron chi connectivity index (χ2n) is 4.48. The monoisotopic (exact) mass is 284 g/mol. The molecule has 2 N–H and O–H groups in total. The summed E-state index contributed by atoms with van der Waals surface area (Å²) in [5.41, 5.74) is 7.89. The zero-order valence-corrected chi connectivity index (χ0v) is 11.3. The zero-order chi connectivity index (χ0) is 14.8. The summed E-state index contributed by atoms with van der Waals surface area (Å²) in [6, 6.07) is 13.6. The van der Waals surface area contributed by atoms with E-state index in [0.717, 1.165) is 5.56 Å². The van der Waals surface area contributed by atoms with Gasteiger partial charge in [0.1, 0.15) is 17.3 Å². The normalized spacial score (nSPS) is 10.6. The van der Waals surface area contributed by atoms with E-state index in [1.54, 1.807) is 31.4 Å². The van der Waals surface area contributed by atoms with Crippen molar-refractivity contribution in [2.75, 3.05) is 12.8 Å². The van der Waals surface area contributed by atoms with Crippen molar-refractivity contribution in [3.63, 3.8) is 0 Å². The van der Waals surface area contributed by atoms with Gasteiger partial charge in [-0.3, -0.25) is 0 Å². The van der Waals surface area contributed by atoms with Crippen LogP contribution in [0.15, 0.2) is 53.1 Å². The van der Waals surface area contributed by atoms with Crippen LogP contribution in [0.25, 0.3) is 22.4 Å². The lowest BCUT2D eigenvalue weighted by Gasteiger charge is -2.06. The van der Waals surface area contributed by atoms with Crippen LogP contribution in [0.4, 0.5) is 10.3 Å². The van der Waals surface area contributed by atoms with Crippen LogP contribution in [0.5, 0.6) is 5.75 Å². The third kappa shape index (κ3) is 2.33. The Hall–Kier alpha value is -2.82. The van der Waals surface area contributed by atoms with Crippen molar-refractivity contribution in [3.05, 3.63) is 54.3 Å². The molecule has 1 aromatic heterocycles. The van der Waals surface area contributed by atoms with Crippen LogP contribution >= 0.6 is 0 Å². The molecule has 0 radical (unpaired) electrons. The van der Waals surface area contributed by atoms with Crippen molar-refractivity contribution in [1.29, 1.82) is 0 Å². The van der Waals surface area contributed by atoms with Crippen molar-refractivity contribution in [2.24, 2.45) is 0 Å². The Balaban J connectivity index is 2.20. The number of halogens is 1. The van der Waals surface area contributed by atoms with E-state index in [-0.39, 0.29) is 11.7 Å². The average molecular weight is 284 g/mol. The number of nitrogens with zero attached hydrogens (tertiary/aromatic N) is 1. The van der Waals surface area contributed by atoms with Gasteiger partial charge in [-0.15, -0.1) is 0 Å². The molecule has 0 aliphatic rings. The smallest absolute Gasteiger partial charge is 0.230 e. The number of aromatic nitrogens is 1. The Morgan fingerprint density at radius 2 is 1.95 bits per heavy atom. The Kier molecular flexibility index (Phi) is 3.31. The number of nitrogen functional groups attached to an aromatic ring is 1. The lowest BCUT2D eigenvalue weighted by Crippen LogP contribution is -1.90. The van der Waals surface area contributed by atoms with E-state index in [4.69, 9.17) is 15.0 Å². The first-order valence-corrected chi connectivity index (χ1v) is 6.35. The molecule has 2 aromatic carbocycles. The third-order valence-electron chi connectivity index (χ3n) is 3.21. The second-order valence-corrected chi connectivity index (χ2v) is 4.48. The van der Waals surface area contributed by atoms with E-state index >= 15 is 0 Å². The molecule has 0 bridgehead atoms. The third-order valence-corrected chi connectivity index (χ3v) is 3.21. The molecule has 0 unspecified atom stereocenters. The van der Waals surface area contributed by atoms with Gasteiger partial charge in [-0.05, 0) is 29.8 Å². The van der Waals surface area contributed by atoms with E-state index in [1.807, 2.05) is 18.2 Å². The second kappa shape index (κ2) is 5.28. The highest BCUT2D eigenvalue weighted by molar-refractivity contribution is 5.87. The fourth-order valence-electron chi connectivity index (χ4n) is 2.20. The van der Waals surface area contributed by atoms with Crippen LogP contribution in [0.3, 0.4) is 0 Å². The molecule has 0 spiro atoms. The van der Waals surface area contributed by atoms with Gasteiger partial charge in [-0.1, -0.05) is 29.4 Å². The summed E-state index contributed by atoms with van der Waals surface area (Å²) in [6.45, 7) is 0. The number of ether oxygens (including phenoxy) is 1. The number of methoxy groups -OCH3 is 1. The van der Waals surface area contributed by atoms with E-state index in [2.05, 4.69) is 5.16 Å². The molecule has 0 atom stereocenters. The topological polar surface area (TPSA) is 61.3 Å². The number of anilines is 1. The molecular formula is C16H13FN2O2. The average Bonchev–Trinajstić information content (AvgIpc) is 2.89. The summed E-state index contributed by atoms with van der Waals surface area (Å²) in [5, 5.41) is 3.90. The van der Waals surface area contributed by atoms with Crippen LogP contribution in [0, 0.1) is 5.82 Å². The first-order chi connectivity index (χ1) is 10.2. The fraction of sp³-hybridized carbons (Fsp3) is 0.0625. The first kappa shape index (κ1) is 13.2. The van der Waals surface area contributed by atoms with Crippen molar-refractivity contribution in [2.45, 2.75) is 0 Å². The minimum Gasteiger partial charge on any atom is -0.497 e. The van der Waals surface area contributed by atoms with Crippen molar-refractivity contribution < 1.29 is 13.7 Å². The highest BCUT2D eigenvalue weighted by atomic mass is 19.1. The van der Waals surface area contributed by atoms with Gasteiger partial charge in [-0.25, -0.2) is 4.39 Å². The summed E-state index contributed by atoms with van der Waals surface area (Å²) in [6.07, 6.45) is 0. The lowest BCUT2D eigenvalue weighted by atomic mass is 10.0. The van der Waals surface area contributed by atoms with Crippen LogP contribution < -0.4 is 10.5 Å². The molecule has 0 aliphatic heterocycles. The van der Waals surface area contributed by atoms with Crippen LogP contribution in [0.1, 0.15) is 0 Å². The molecule has 1 heterocycles. The van der Waals surface area contributed by atoms with E-state index in [1.165, 1.54) is 6.07 Å². The molecule has 0 amide bonds. The minimum absolute atomic E-state index is 0.140. The summed E-state index contributed by atoms with van der Waals surface area (Å²) in [4.78, 5) is 0. The molecule has 0 fully saturated rings. The van der Waals surface area contributed by atoms with E-state index in [0.29, 0.717) is 22.6 Å². The molecule has 21 heavy (non-hydrogen) atoms. The molecule has 3 aromatic rings. The molecule has 106 valence electrons. The largest absolute Gasteiger partial charge is 0.497 e. The highest BCUT2D eigenvalue weighted by Gasteiger charge is 2.20. The summed E-state index contributed by atoms with van der Waals surface area (Å²) in [5.74, 6) is 0.434. The van der Waals surface area contributed by atoms with Gasteiger partial charge in [-0.2, -0.15) is 0 Å². The number of hydrogen-bond acceptors (Lipinski definition) is 4. The highest BCUT2D eigenvalue weighted by Crippen LogP contribution is 2.38. The molecule has 5 heteroatoms. The molecule has 4 nitrogen and oxygen atoms in total. The van der Waals surface area contributed by atoms with Gasteiger partial charge in [0.15, 0.2) is 0 Å². The SMILES string of the molecule is COc1cccc(-c2c(-c3ccccc3F)noc2N)c1. The van der Waals surface area contributed by atoms with Crippen molar-refractivity contribution >= 4 is 5.88 Å². The Morgan fingerprint density at radius 3 is 2.71 bits per heavy atom. The summed E-state index contributed by atoms with van der Waals surface area (Å²) in [7, 11) is 1.58. The maximum atomic E-state index is 14.0. The van der Waals surface area contributed by atoms with E-state index in [9.17, 15) is 4.39 Å². The molecule has 0 saturated carbocycles. The predicted octanol–water partition coefficient (Wildman–Crippen LogP) is 3.74. The standard InChI is InChI=1S/C16H13FN2O2/c1-20-11-6-4-5-10(9-11)14-15(19-21-16(14)18)12-7-2-3-8-13(12)17/h2-9H,18H2,1H3. The van der Waals surface area contributed by atoms with Gasteiger partial charge in [0.25, 0.3) is 0 Å². The first-order valence-electron chi connectivity index (χ1n) is 6.35. The van der Waals surface area contributed by atoms with Crippen molar-refractivity contribution in [1.82, 2.24) is 5.16 Å². The van der Waals surface area contributed by atoms with Crippen LogP contribution in [0.2, 0.25) is 0 Å². The van der Waals surface area contributed by atoms with Gasteiger partial charge >= 0.3 is 0 Å². The summed E-state index contributed by atoms with van der Waals surface area (Å²) < 4.78 is 24.2. The van der Waals surface area contributed by atoms with Gasteiger partial charge in [0, 0.05) is 5.56 Å². The van der Waals surface area contributed by atoms with Gasteiger partial charge in [0.05, 0.1) is 12.7 Å². The quantitative estimate of drug-likeness (QED) is 0.796. The molecule has 0 saturated heterocycles. The predicted molar refractivity (Wildman–Crippen MR) is 78.3 cm³/mol. The molecular weight excluding hydrogens is 271 g/mol. The number of rotatable bonds is 3. The minimum atomic E-state index is -0.380. The Morgan fingerprint density at radius 1 is 1.14 bits per heavy atom. The van der Waals surface area contributed by atoms with Crippen molar-refractivity contribution in [3.8, 4) is 28.1 Å². The lowest BCUT2D eigenvalue weighted by molar-refractivity contribution is 0.415. The Bertz CT molecular complexity index is 783. The van der Waals surface area contributed by atoms with Gasteiger partial charge < -0.3 is 15.0 Å². The maximum Gasteiger partial charge on any atom is 0.230 e. The zero-order valence-electron chi connectivity index (χ0n) is 11.3. The summed E-state index contributed by atoms with van der Waals surface area (Å²) >= 11 is 0. The number of hydrogen-bond donors (Lipinski definition) is 1. The van der Waals surface area contributed by atoms with Gasteiger partial charge in [0.2, 0.25) is 5.88 Å². The van der Waals surface area contributed by atoms with E-state index < -0.39 is 0 Å². The molecule has 0 aliphatic carbocycles. The number of benzene rings is 2. The Labute approximate surface area is 120 Å². The maximum absolute atomic E-state index is 14.0. The van der Waals surface area contributed by atoms with Crippen LogP contribution in [-0.2, 0) is 0 Å².